The number of anilines is 1. The Morgan fingerprint density at radius 1 is 0.829 bits per heavy atom. The number of methoxy groups -OCH3 is 4. The number of carbonyl (C=O) groups is 1. The van der Waals surface area contributed by atoms with Gasteiger partial charge in [-0.2, -0.15) is 4.57 Å². The van der Waals surface area contributed by atoms with Crippen LogP contribution in [0, 0.1) is 0 Å². The molecular weight excluding hydrogens is 444 g/mol. The van der Waals surface area contributed by atoms with Gasteiger partial charge in [0.1, 0.15) is 11.5 Å². The number of nitrogens with zero attached hydrogens (tertiary/aromatic N) is 1. The number of ether oxygens (including phenoxy) is 4. The average molecular weight is 472 g/mol. The van der Waals surface area contributed by atoms with Gasteiger partial charge in [-0.3, -0.25) is 4.79 Å². The zero-order valence-electron chi connectivity index (χ0n) is 20.2. The second kappa shape index (κ2) is 9.18. The van der Waals surface area contributed by atoms with E-state index >= 15 is 0 Å². The molecule has 0 spiro atoms. The van der Waals surface area contributed by atoms with Crippen molar-refractivity contribution in [1.29, 1.82) is 0 Å². The third kappa shape index (κ3) is 3.99. The normalized spacial score (nSPS) is 11.9. The summed E-state index contributed by atoms with van der Waals surface area (Å²) in [6, 6.07) is 17.1. The zero-order chi connectivity index (χ0) is 24.5. The Balaban J connectivity index is 1.60. The van der Waals surface area contributed by atoms with Crippen LogP contribution >= 0.6 is 0 Å². The summed E-state index contributed by atoms with van der Waals surface area (Å²) >= 11 is 0. The zero-order valence-corrected chi connectivity index (χ0v) is 20.2. The van der Waals surface area contributed by atoms with Crippen LogP contribution in [0.1, 0.15) is 15.9 Å². The minimum absolute atomic E-state index is 0.219. The Kier molecular flexibility index (Phi) is 5.91. The number of hydrogen-bond acceptors (Lipinski definition) is 5. The van der Waals surface area contributed by atoms with Crippen molar-refractivity contribution in [2.75, 3.05) is 33.8 Å². The van der Waals surface area contributed by atoms with Gasteiger partial charge in [0, 0.05) is 18.1 Å². The van der Waals surface area contributed by atoms with Crippen molar-refractivity contribution < 1.29 is 28.3 Å². The molecule has 3 aromatic carbocycles. The monoisotopic (exact) mass is 471 g/mol. The fourth-order valence-electron chi connectivity index (χ4n) is 4.59. The molecule has 1 N–H and O–H groups in total. The molecule has 1 amide bonds. The van der Waals surface area contributed by atoms with Gasteiger partial charge in [0.2, 0.25) is 5.69 Å². The number of hydrogen-bond donors (Lipinski definition) is 1. The highest BCUT2D eigenvalue weighted by Crippen LogP contribution is 2.39. The molecule has 2 heterocycles. The number of benzene rings is 3. The van der Waals surface area contributed by atoms with Crippen molar-refractivity contribution in [2.45, 2.75) is 13.0 Å². The molecule has 178 valence electrons. The van der Waals surface area contributed by atoms with Crippen molar-refractivity contribution in [3.8, 4) is 34.3 Å². The van der Waals surface area contributed by atoms with Gasteiger partial charge in [0.15, 0.2) is 24.2 Å². The third-order valence-corrected chi connectivity index (χ3v) is 6.45. The first-order chi connectivity index (χ1) is 17.1. The van der Waals surface area contributed by atoms with Crippen LogP contribution in [0.5, 0.6) is 23.0 Å². The highest BCUT2D eigenvalue weighted by Gasteiger charge is 2.27. The van der Waals surface area contributed by atoms with Crippen LogP contribution in [0.3, 0.4) is 0 Å². The highest BCUT2D eigenvalue weighted by atomic mass is 16.5. The lowest BCUT2D eigenvalue weighted by Crippen LogP contribution is -2.40. The quantitative estimate of drug-likeness (QED) is 0.415. The SMILES string of the molecule is COc1ccc(C(=O)Nc2c(OC)ccc3cc4[n+](cc23)CCc2cc(OC)c(OC)cc2-4)cc1. The highest BCUT2D eigenvalue weighted by molar-refractivity contribution is 6.10. The van der Waals surface area contributed by atoms with E-state index < -0.39 is 0 Å². The number of aryl methyl sites for hydroxylation is 2. The smallest absolute Gasteiger partial charge is 0.255 e. The number of rotatable bonds is 6. The predicted octanol–water partition coefficient (Wildman–Crippen LogP) is 4.64. The number of nitrogens with one attached hydrogen (secondary N) is 1. The Morgan fingerprint density at radius 3 is 2.23 bits per heavy atom. The van der Waals surface area contributed by atoms with Crippen LogP contribution in [-0.4, -0.2) is 34.3 Å². The van der Waals surface area contributed by atoms with Crippen LogP contribution in [0.15, 0.2) is 60.8 Å². The van der Waals surface area contributed by atoms with Crippen LogP contribution in [0.25, 0.3) is 22.0 Å². The molecule has 0 atom stereocenters. The summed E-state index contributed by atoms with van der Waals surface area (Å²) in [5.41, 5.74) is 4.57. The molecule has 1 aromatic heterocycles. The van der Waals surface area contributed by atoms with E-state index in [-0.39, 0.29) is 5.91 Å². The van der Waals surface area contributed by atoms with E-state index in [9.17, 15) is 4.79 Å². The number of carbonyl (C=O) groups excluding carboxylic acids is 1. The molecule has 1 aliphatic heterocycles. The molecule has 0 saturated heterocycles. The van der Waals surface area contributed by atoms with Crippen LogP contribution in [0.2, 0.25) is 0 Å². The first-order valence-corrected chi connectivity index (χ1v) is 11.3. The van der Waals surface area contributed by atoms with E-state index in [2.05, 4.69) is 28.2 Å². The van der Waals surface area contributed by atoms with Gasteiger partial charge in [-0.05, 0) is 53.4 Å². The van der Waals surface area contributed by atoms with Gasteiger partial charge in [-0.1, -0.05) is 6.07 Å². The second-order valence-electron chi connectivity index (χ2n) is 8.29. The minimum atomic E-state index is -0.219. The van der Waals surface area contributed by atoms with E-state index in [0.717, 1.165) is 40.7 Å². The summed E-state index contributed by atoms with van der Waals surface area (Å²) in [7, 11) is 6.50. The Morgan fingerprint density at radius 2 is 1.54 bits per heavy atom. The van der Waals surface area contributed by atoms with E-state index in [4.69, 9.17) is 18.9 Å². The topological polar surface area (TPSA) is 69.9 Å². The Bertz CT molecular complexity index is 1430. The lowest BCUT2D eigenvalue weighted by molar-refractivity contribution is -0.686. The molecule has 0 bridgehead atoms. The minimum Gasteiger partial charge on any atom is -0.497 e. The maximum absolute atomic E-state index is 13.1. The van der Waals surface area contributed by atoms with E-state index in [1.165, 1.54) is 5.56 Å². The van der Waals surface area contributed by atoms with Crippen molar-refractivity contribution in [1.82, 2.24) is 0 Å². The number of aromatic nitrogens is 1. The van der Waals surface area contributed by atoms with Crippen molar-refractivity contribution in [3.63, 3.8) is 0 Å². The molecule has 0 radical (unpaired) electrons. The maximum atomic E-state index is 13.1. The summed E-state index contributed by atoms with van der Waals surface area (Å²) in [6.07, 6.45) is 2.94. The molecule has 0 aliphatic carbocycles. The summed E-state index contributed by atoms with van der Waals surface area (Å²) in [5, 5.41) is 4.96. The molecule has 7 nitrogen and oxygen atoms in total. The molecule has 5 rings (SSSR count). The van der Waals surface area contributed by atoms with Crippen LogP contribution in [0.4, 0.5) is 5.69 Å². The molecule has 1 aliphatic rings. The molecule has 0 saturated carbocycles. The van der Waals surface area contributed by atoms with Gasteiger partial charge >= 0.3 is 0 Å². The number of pyridine rings is 1. The van der Waals surface area contributed by atoms with Crippen LogP contribution < -0.4 is 28.8 Å². The fourth-order valence-corrected chi connectivity index (χ4v) is 4.59. The largest absolute Gasteiger partial charge is 0.497 e. The van der Waals surface area contributed by atoms with E-state index in [1.807, 2.05) is 18.2 Å². The lowest BCUT2D eigenvalue weighted by Gasteiger charge is -2.19. The lowest BCUT2D eigenvalue weighted by atomic mass is 9.95. The summed E-state index contributed by atoms with van der Waals surface area (Å²) < 4.78 is 24.1. The first-order valence-electron chi connectivity index (χ1n) is 11.3. The molecule has 4 aromatic rings. The summed E-state index contributed by atoms with van der Waals surface area (Å²) in [6.45, 7) is 0.802. The van der Waals surface area contributed by atoms with Gasteiger partial charge < -0.3 is 24.3 Å². The van der Waals surface area contributed by atoms with E-state index in [0.29, 0.717) is 28.5 Å². The van der Waals surface area contributed by atoms with Gasteiger partial charge in [0.05, 0.1) is 45.1 Å². The van der Waals surface area contributed by atoms with Crippen LogP contribution in [-0.2, 0) is 13.0 Å². The first kappa shape index (κ1) is 22.5. The number of amides is 1. The van der Waals surface area contributed by atoms with Gasteiger partial charge in [-0.15, -0.1) is 0 Å². The molecule has 7 heteroatoms. The van der Waals surface area contributed by atoms with Crippen molar-refractivity contribution >= 4 is 22.4 Å². The predicted molar refractivity (Wildman–Crippen MR) is 134 cm³/mol. The molecule has 35 heavy (non-hydrogen) atoms. The Labute approximate surface area is 203 Å². The van der Waals surface area contributed by atoms with E-state index in [1.54, 1.807) is 52.7 Å². The molecular formula is C28H27N2O5+. The van der Waals surface area contributed by atoms with Crippen molar-refractivity contribution in [2.24, 2.45) is 0 Å². The third-order valence-electron chi connectivity index (χ3n) is 6.45. The molecule has 0 fully saturated rings. The van der Waals surface area contributed by atoms with Gasteiger partial charge in [-0.25, -0.2) is 0 Å². The molecule has 0 unspecified atom stereocenters. The average Bonchev–Trinajstić information content (AvgIpc) is 2.91. The summed E-state index contributed by atoms with van der Waals surface area (Å²) in [4.78, 5) is 13.1. The number of fused-ring (bicyclic) bond motifs is 4. The summed E-state index contributed by atoms with van der Waals surface area (Å²) in [5.74, 6) is 2.50. The fraction of sp³-hybridized carbons (Fsp3) is 0.214. The Hall–Kier alpha value is -4.26. The maximum Gasteiger partial charge on any atom is 0.255 e. The standard InChI is InChI=1S/C28H26N2O5/c1-32-20-8-5-17(6-9-20)28(31)29-27-22-16-30-12-11-19-14-25(34-3)26(35-4)15-21(19)23(30)13-18(22)7-10-24(27)33-2/h5-10,13-16H,11-12H2,1-4H3/p+1. The van der Waals surface area contributed by atoms with Gasteiger partial charge in [0.25, 0.3) is 5.91 Å². The van der Waals surface area contributed by atoms with Crippen molar-refractivity contribution in [3.05, 3.63) is 71.9 Å². The second-order valence-corrected chi connectivity index (χ2v) is 8.29.